The lowest BCUT2D eigenvalue weighted by Crippen LogP contribution is -2.44. The van der Waals surface area contributed by atoms with Gasteiger partial charge in [-0.2, -0.15) is 0 Å². The van der Waals surface area contributed by atoms with Crippen LogP contribution < -0.4 is 5.32 Å². The molecule has 1 N–H and O–H groups in total. The van der Waals surface area contributed by atoms with Crippen molar-refractivity contribution in [2.75, 3.05) is 39.9 Å². The molecule has 6 heteroatoms. The Morgan fingerprint density at radius 1 is 0.929 bits per heavy atom. The summed E-state index contributed by atoms with van der Waals surface area (Å²) >= 11 is 0. The number of rotatable bonds is 3. The highest BCUT2D eigenvalue weighted by atomic mass is 16.5. The van der Waals surface area contributed by atoms with Crippen molar-refractivity contribution in [3.8, 4) is 11.1 Å². The third kappa shape index (κ3) is 3.47. The lowest BCUT2D eigenvalue weighted by molar-refractivity contribution is -0.135. The van der Waals surface area contributed by atoms with Crippen molar-refractivity contribution in [3.05, 3.63) is 59.7 Å². The number of carbonyl (C=O) groups excluding carboxylic acids is 2. The Balaban J connectivity index is 1.48. The summed E-state index contributed by atoms with van der Waals surface area (Å²) in [5.41, 5.74) is 4.61. The Labute approximate surface area is 165 Å². The average Bonchev–Trinajstić information content (AvgIpc) is 2.87. The van der Waals surface area contributed by atoms with Crippen molar-refractivity contribution in [2.45, 2.75) is 12.5 Å². The lowest BCUT2D eigenvalue weighted by atomic mass is 10.1. The summed E-state index contributed by atoms with van der Waals surface area (Å²) < 4.78 is 4.94. The molecule has 0 radical (unpaired) electrons. The number of fused-ring (bicyclic) bond motifs is 3. The van der Waals surface area contributed by atoms with Gasteiger partial charge in [0.1, 0.15) is 6.61 Å². The number of nitrogens with zero attached hydrogens (tertiary/aromatic N) is 2. The average molecular weight is 379 g/mol. The van der Waals surface area contributed by atoms with E-state index in [4.69, 9.17) is 4.74 Å². The van der Waals surface area contributed by atoms with Crippen LogP contribution in [0.1, 0.15) is 23.6 Å². The number of hydrogen-bond acceptors (Lipinski definition) is 3. The third-order valence-electron chi connectivity index (χ3n) is 5.51. The molecular formula is C22H25N3O3. The molecule has 0 aromatic heterocycles. The fraction of sp³-hybridized carbons (Fsp3) is 0.364. The normalized spacial score (nSPS) is 16.3. The first-order chi connectivity index (χ1) is 13.7. The second kappa shape index (κ2) is 8.02. The van der Waals surface area contributed by atoms with Crippen molar-refractivity contribution in [1.82, 2.24) is 15.1 Å². The zero-order valence-corrected chi connectivity index (χ0v) is 16.1. The highest BCUT2D eigenvalue weighted by molar-refractivity contribution is 5.83. The zero-order chi connectivity index (χ0) is 19.5. The van der Waals surface area contributed by atoms with Crippen LogP contribution in [0.15, 0.2) is 48.5 Å². The quantitative estimate of drug-likeness (QED) is 0.892. The van der Waals surface area contributed by atoms with Gasteiger partial charge in [0.15, 0.2) is 0 Å². The van der Waals surface area contributed by atoms with E-state index in [9.17, 15) is 9.59 Å². The summed E-state index contributed by atoms with van der Waals surface area (Å²) in [6.07, 6.45) is 0.765. The smallest absolute Gasteiger partial charge is 0.318 e. The van der Waals surface area contributed by atoms with Crippen LogP contribution in [-0.2, 0) is 9.53 Å². The fourth-order valence-corrected chi connectivity index (χ4v) is 4.11. The van der Waals surface area contributed by atoms with Crippen LogP contribution in [0.3, 0.4) is 0 Å². The summed E-state index contributed by atoms with van der Waals surface area (Å²) in [6.45, 7) is 2.44. The Morgan fingerprint density at radius 3 is 2.14 bits per heavy atom. The van der Waals surface area contributed by atoms with Crippen LogP contribution in [0.4, 0.5) is 4.79 Å². The topological polar surface area (TPSA) is 61.9 Å². The second-order valence-electron chi connectivity index (χ2n) is 7.21. The van der Waals surface area contributed by atoms with Gasteiger partial charge in [-0.05, 0) is 28.7 Å². The molecule has 1 fully saturated rings. The summed E-state index contributed by atoms with van der Waals surface area (Å²) in [5.74, 6) is -0.0246. The number of carbonyl (C=O) groups is 2. The number of nitrogens with one attached hydrogen (secondary N) is 1. The first-order valence-electron chi connectivity index (χ1n) is 9.69. The third-order valence-corrected chi connectivity index (χ3v) is 5.51. The highest BCUT2D eigenvalue weighted by Gasteiger charge is 2.31. The highest BCUT2D eigenvalue weighted by Crippen LogP contribution is 2.43. The zero-order valence-electron chi connectivity index (χ0n) is 16.1. The molecule has 0 bridgehead atoms. The van der Waals surface area contributed by atoms with E-state index in [-0.39, 0.29) is 24.6 Å². The van der Waals surface area contributed by atoms with Gasteiger partial charge < -0.3 is 19.9 Å². The SMILES string of the molecule is COCC(=O)N1CCCN(C(=O)NC2c3ccccc3-c3ccccc32)CC1. The minimum atomic E-state index is -0.144. The molecule has 28 heavy (non-hydrogen) atoms. The van der Waals surface area contributed by atoms with Crippen LogP contribution in [0.25, 0.3) is 11.1 Å². The molecule has 1 aliphatic carbocycles. The molecule has 4 rings (SSSR count). The molecule has 0 spiro atoms. The van der Waals surface area contributed by atoms with E-state index >= 15 is 0 Å². The summed E-state index contributed by atoms with van der Waals surface area (Å²) in [4.78, 5) is 28.7. The molecule has 146 valence electrons. The van der Waals surface area contributed by atoms with Crippen molar-refractivity contribution in [3.63, 3.8) is 0 Å². The second-order valence-corrected chi connectivity index (χ2v) is 7.21. The van der Waals surface area contributed by atoms with E-state index in [1.807, 2.05) is 29.2 Å². The lowest BCUT2D eigenvalue weighted by Gasteiger charge is -2.25. The molecular weight excluding hydrogens is 354 g/mol. The van der Waals surface area contributed by atoms with Gasteiger partial charge in [-0.25, -0.2) is 4.79 Å². The van der Waals surface area contributed by atoms with Gasteiger partial charge >= 0.3 is 6.03 Å². The number of methoxy groups -OCH3 is 1. The Morgan fingerprint density at radius 2 is 1.50 bits per heavy atom. The van der Waals surface area contributed by atoms with E-state index in [1.165, 1.54) is 18.2 Å². The van der Waals surface area contributed by atoms with Gasteiger partial charge in [0.05, 0.1) is 6.04 Å². The number of urea groups is 1. The molecule has 1 aliphatic heterocycles. The van der Waals surface area contributed by atoms with Gasteiger partial charge in [-0.3, -0.25) is 4.79 Å². The maximum absolute atomic E-state index is 13.0. The van der Waals surface area contributed by atoms with E-state index in [2.05, 4.69) is 29.6 Å². The fourth-order valence-electron chi connectivity index (χ4n) is 4.11. The van der Waals surface area contributed by atoms with Gasteiger partial charge in [-0.1, -0.05) is 48.5 Å². The van der Waals surface area contributed by atoms with Crippen molar-refractivity contribution >= 4 is 11.9 Å². The molecule has 2 aliphatic rings. The van der Waals surface area contributed by atoms with Crippen LogP contribution in [-0.4, -0.2) is 61.6 Å². The van der Waals surface area contributed by atoms with E-state index < -0.39 is 0 Å². The van der Waals surface area contributed by atoms with E-state index in [0.717, 1.165) is 17.5 Å². The predicted octanol–water partition coefficient (Wildman–Crippen LogP) is 2.65. The molecule has 1 saturated heterocycles. The largest absolute Gasteiger partial charge is 0.375 e. The number of hydrogen-bond donors (Lipinski definition) is 1. The molecule has 0 unspecified atom stereocenters. The van der Waals surface area contributed by atoms with Crippen molar-refractivity contribution in [1.29, 1.82) is 0 Å². The summed E-state index contributed by atoms with van der Waals surface area (Å²) in [7, 11) is 1.52. The molecule has 6 nitrogen and oxygen atoms in total. The predicted molar refractivity (Wildman–Crippen MR) is 107 cm³/mol. The Hall–Kier alpha value is -2.86. The molecule has 3 amide bonds. The summed E-state index contributed by atoms with van der Waals surface area (Å²) in [5, 5.41) is 3.22. The first-order valence-corrected chi connectivity index (χ1v) is 9.69. The van der Waals surface area contributed by atoms with Crippen molar-refractivity contribution < 1.29 is 14.3 Å². The van der Waals surface area contributed by atoms with E-state index in [1.54, 1.807) is 4.90 Å². The molecule has 2 aromatic rings. The first kappa shape index (κ1) is 18.5. The Bertz CT molecular complexity index is 837. The minimum Gasteiger partial charge on any atom is -0.375 e. The maximum atomic E-state index is 13.0. The van der Waals surface area contributed by atoms with Crippen LogP contribution in [0.5, 0.6) is 0 Å². The molecule has 0 saturated carbocycles. The minimum absolute atomic E-state index is 0.0246. The van der Waals surface area contributed by atoms with Crippen LogP contribution >= 0.6 is 0 Å². The van der Waals surface area contributed by atoms with Gasteiger partial charge in [0.2, 0.25) is 5.91 Å². The monoisotopic (exact) mass is 379 g/mol. The summed E-state index contributed by atoms with van der Waals surface area (Å²) in [6, 6.07) is 16.2. The van der Waals surface area contributed by atoms with Gasteiger partial charge in [0.25, 0.3) is 0 Å². The van der Waals surface area contributed by atoms with Crippen molar-refractivity contribution in [2.24, 2.45) is 0 Å². The van der Waals surface area contributed by atoms with Crippen LogP contribution in [0, 0.1) is 0 Å². The molecule has 0 atom stereocenters. The Kier molecular flexibility index (Phi) is 5.30. The molecule has 2 aromatic carbocycles. The number of benzene rings is 2. The van der Waals surface area contributed by atoms with Gasteiger partial charge in [0, 0.05) is 33.3 Å². The maximum Gasteiger partial charge on any atom is 0.318 e. The molecule has 1 heterocycles. The van der Waals surface area contributed by atoms with Crippen LogP contribution in [0.2, 0.25) is 0 Å². The van der Waals surface area contributed by atoms with E-state index in [0.29, 0.717) is 26.2 Å². The van der Waals surface area contributed by atoms with Gasteiger partial charge in [-0.15, -0.1) is 0 Å². The number of amides is 3. The number of ether oxygens (including phenoxy) is 1. The standard InChI is InChI=1S/C22H25N3O3/c1-28-15-20(26)24-11-6-12-25(14-13-24)22(27)23-21-18-9-4-2-7-16(18)17-8-3-5-10-19(17)21/h2-5,7-10,21H,6,11-15H2,1H3,(H,23,27).